The Morgan fingerprint density at radius 3 is 2.71 bits per heavy atom. The second-order valence-corrected chi connectivity index (χ2v) is 4.18. The molecule has 0 bridgehead atoms. The lowest BCUT2D eigenvalue weighted by Crippen LogP contribution is -1.88. The van der Waals surface area contributed by atoms with Crippen molar-refractivity contribution in [2.75, 3.05) is 6.61 Å². The van der Waals surface area contributed by atoms with Crippen LogP contribution < -0.4 is 0 Å². The molecule has 0 aliphatic carbocycles. The van der Waals surface area contributed by atoms with Gasteiger partial charge >= 0.3 is 0 Å². The molecule has 1 rings (SSSR count). The summed E-state index contributed by atoms with van der Waals surface area (Å²) in [6, 6.07) is 6.20. The predicted molar refractivity (Wildman–Crippen MR) is 64.2 cm³/mol. The Labute approximate surface area is 93.6 Å². The first-order valence-electron chi connectivity index (χ1n) is 4.73. The molecule has 2 heteroatoms. The fourth-order valence-corrected chi connectivity index (χ4v) is 1.59. The number of aryl methyl sites for hydroxylation is 1. The van der Waals surface area contributed by atoms with E-state index in [4.69, 9.17) is 5.11 Å². The van der Waals surface area contributed by atoms with E-state index < -0.39 is 0 Å². The molecule has 76 valence electrons. The van der Waals surface area contributed by atoms with Gasteiger partial charge < -0.3 is 5.11 Å². The second kappa shape index (κ2) is 5.32. The van der Waals surface area contributed by atoms with Gasteiger partial charge in [0.05, 0.1) is 6.61 Å². The van der Waals surface area contributed by atoms with Crippen molar-refractivity contribution >= 4 is 22.0 Å². The van der Waals surface area contributed by atoms with Crippen LogP contribution in [0.5, 0.6) is 0 Å². The molecular formula is C12H15BrO. The van der Waals surface area contributed by atoms with Crippen LogP contribution >= 0.6 is 15.9 Å². The summed E-state index contributed by atoms with van der Waals surface area (Å²) in [7, 11) is 0. The zero-order valence-corrected chi connectivity index (χ0v) is 10.1. The molecule has 1 aromatic carbocycles. The highest BCUT2D eigenvalue weighted by atomic mass is 79.9. The maximum atomic E-state index is 9.03. The molecule has 0 aliphatic rings. The molecule has 0 aromatic heterocycles. The van der Waals surface area contributed by atoms with Crippen molar-refractivity contribution < 1.29 is 5.11 Å². The normalized spacial score (nSPS) is 11.9. The maximum Gasteiger partial charge on any atom is 0.0644 e. The lowest BCUT2D eigenvalue weighted by Gasteiger charge is -2.02. The first-order valence-corrected chi connectivity index (χ1v) is 5.53. The van der Waals surface area contributed by atoms with Gasteiger partial charge in [-0.1, -0.05) is 41.1 Å². The van der Waals surface area contributed by atoms with Crippen LogP contribution in [0.3, 0.4) is 0 Å². The number of rotatable bonds is 3. The van der Waals surface area contributed by atoms with Gasteiger partial charge in [-0.15, -0.1) is 0 Å². The maximum absolute atomic E-state index is 9.03. The summed E-state index contributed by atoms with van der Waals surface area (Å²) in [6.45, 7) is 4.25. The van der Waals surface area contributed by atoms with Crippen LogP contribution in [0, 0.1) is 6.92 Å². The molecular weight excluding hydrogens is 240 g/mol. The molecule has 1 N–H and O–H groups in total. The summed E-state index contributed by atoms with van der Waals surface area (Å²) in [4.78, 5) is 0. The van der Waals surface area contributed by atoms with E-state index in [0.717, 1.165) is 22.0 Å². The number of aliphatic hydroxyl groups excluding tert-OH is 1. The fraction of sp³-hybridized carbons (Fsp3) is 0.333. The van der Waals surface area contributed by atoms with Crippen molar-refractivity contribution in [1.82, 2.24) is 0 Å². The minimum atomic E-state index is 0.141. The van der Waals surface area contributed by atoms with Gasteiger partial charge in [0.25, 0.3) is 0 Å². The van der Waals surface area contributed by atoms with Crippen molar-refractivity contribution in [3.63, 3.8) is 0 Å². The lowest BCUT2D eigenvalue weighted by atomic mass is 10.1. The Hall–Kier alpha value is -0.600. The highest BCUT2D eigenvalue weighted by molar-refractivity contribution is 9.10. The van der Waals surface area contributed by atoms with Crippen LogP contribution in [0.2, 0.25) is 0 Å². The van der Waals surface area contributed by atoms with Crippen molar-refractivity contribution in [2.45, 2.75) is 20.3 Å². The zero-order valence-electron chi connectivity index (χ0n) is 8.55. The number of halogens is 1. The van der Waals surface area contributed by atoms with Crippen molar-refractivity contribution in [3.8, 4) is 0 Å². The summed E-state index contributed by atoms with van der Waals surface area (Å²) in [6.07, 6.45) is 2.92. The summed E-state index contributed by atoms with van der Waals surface area (Å²) < 4.78 is 1.11. The van der Waals surface area contributed by atoms with Gasteiger partial charge in [0.1, 0.15) is 0 Å². The second-order valence-electron chi connectivity index (χ2n) is 3.32. The fourth-order valence-electron chi connectivity index (χ4n) is 1.19. The van der Waals surface area contributed by atoms with Gasteiger partial charge in [0, 0.05) is 4.47 Å². The molecule has 0 saturated carbocycles. The highest BCUT2D eigenvalue weighted by Gasteiger charge is 1.97. The number of benzene rings is 1. The Morgan fingerprint density at radius 2 is 2.21 bits per heavy atom. The average Bonchev–Trinajstić information content (AvgIpc) is 2.19. The molecule has 0 heterocycles. The van der Waals surface area contributed by atoms with E-state index in [0.29, 0.717) is 0 Å². The van der Waals surface area contributed by atoms with E-state index in [-0.39, 0.29) is 6.61 Å². The Bertz CT molecular complexity index is 336. The smallest absolute Gasteiger partial charge is 0.0644 e. The van der Waals surface area contributed by atoms with Crippen LogP contribution in [-0.4, -0.2) is 11.7 Å². The van der Waals surface area contributed by atoms with E-state index >= 15 is 0 Å². The molecule has 0 radical (unpaired) electrons. The van der Waals surface area contributed by atoms with Gasteiger partial charge in [0.2, 0.25) is 0 Å². The zero-order chi connectivity index (χ0) is 10.6. The quantitative estimate of drug-likeness (QED) is 0.875. The van der Waals surface area contributed by atoms with Crippen LogP contribution in [0.15, 0.2) is 28.2 Å². The van der Waals surface area contributed by atoms with E-state index in [1.165, 1.54) is 5.56 Å². The van der Waals surface area contributed by atoms with E-state index in [2.05, 4.69) is 41.1 Å². The van der Waals surface area contributed by atoms with Crippen LogP contribution in [0.1, 0.15) is 24.5 Å². The molecule has 1 aromatic rings. The van der Waals surface area contributed by atoms with Gasteiger partial charge in [-0.05, 0) is 36.1 Å². The van der Waals surface area contributed by atoms with Crippen molar-refractivity contribution in [1.29, 1.82) is 0 Å². The lowest BCUT2D eigenvalue weighted by molar-refractivity contribution is 0.329. The number of hydrogen-bond donors (Lipinski definition) is 1. The molecule has 0 unspecified atom stereocenters. The molecule has 14 heavy (non-hydrogen) atoms. The van der Waals surface area contributed by atoms with Crippen LogP contribution in [0.25, 0.3) is 6.08 Å². The molecule has 0 saturated heterocycles. The molecule has 0 atom stereocenters. The van der Waals surface area contributed by atoms with E-state index in [1.54, 1.807) is 0 Å². The first-order chi connectivity index (χ1) is 6.67. The van der Waals surface area contributed by atoms with Gasteiger partial charge in [-0.3, -0.25) is 0 Å². The third-order valence-electron chi connectivity index (χ3n) is 2.22. The molecule has 0 amide bonds. The molecule has 0 fully saturated rings. The molecule has 1 nitrogen and oxygen atoms in total. The minimum absolute atomic E-state index is 0.141. The average molecular weight is 255 g/mol. The van der Waals surface area contributed by atoms with Crippen molar-refractivity contribution in [3.05, 3.63) is 39.4 Å². The third kappa shape index (κ3) is 2.96. The van der Waals surface area contributed by atoms with Gasteiger partial charge in [0.15, 0.2) is 0 Å². The number of aliphatic hydroxyl groups is 1. The minimum Gasteiger partial charge on any atom is -0.392 e. The topological polar surface area (TPSA) is 20.2 Å². The SMILES string of the molecule is CC/C(=C/c1ccc(C)c(Br)c1)CO. The predicted octanol–water partition coefficient (Wildman–Crippen LogP) is 3.54. The molecule has 0 spiro atoms. The molecule has 0 aliphatic heterocycles. The monoisotopic (exact) mass is 254 g/mol. The summed E-state index contributed by atoms with van der Waals surface area (Å²) in [5, 5.41) is 9.03. The largest absolute Gasteiger partial charge is 0.392 e. The number of hydrogen-bond acceptors (Lipinski definition) is 1. The van der Waals surface area contributed by atoms with Gasteiger partial charge in [-0.25, -0.2) is 0 Å². The Balaban J connectivity index is 2.97. The van der Waals surface area contributed by atoms with Gasteiger partial charge in [-0.2, -0.15) is 0 Å². The van der Waals surface area contributed by atoms with E-state index in [1.807, 2.05) is 13.0 Å². The highest BCUT2D eigenvalue weighted by Crippen LogP contribution is 2.19. The summed E-state index contributed by atoms with van der Waals surface area (Å²) in [5.74, 6) is 0. The van der Waals surface area contributed by atoms with Crippen LogP contribution in [0.4, 0.5) is 0 Å². The van der Waals surface area contributed by atoms with E-state index in [9.17, 15) is 0 Å². The standard InChI is InChI=1S/C12H15BrO/c1-3-10(8-14)6-11-5-4-9(2)12(13)7-11/h4-7,14H,3,8H2,1-2H3/b10-6-. The Kier molecular flexibility index (Phi) is 4.36. The van der Waals surface area contributed by atoms with Crippen LogP contribution in [-0.2, 0) is 0 Å². The summed E-state index contributed by atoms with van der Waals surface area (Å²) in [5.41, 5.74) is 3.42. The first kappa shape index (κ1) is 11.5. The van der Waals surface area contributed by atoms with Crippen molar-refractivity contribution in [2.24, 2.45) is 0 Å². The summed E-state index contributed by atoms with van der Waals surface area (Å²) >= 11 is 3.49. The Morgan fingerprint density at radius 1 is 1.50 bits per heavy atom. The third-order valence-corrected chi connectivity index (χ3v) is 3.08.